The summed E-state index contributed by atoms with van der Waals surface area (Å²) in [6, 6.07) is 14.2. The van der Waals surface area contributed by atoms with Crippen LogP contribution in [0.2, 0.25) is 0 Å². The van der Waals surface area contributed by atoms with Crippen LogP contribution in [0, 0.1) is 10.7 Å². The highest BCUT2D eigenvalue weighted by Gasteiger charge is 2.40. The summed E-state index contributed by atoms with van der Waals surface area (Å²) in [5, 5.41) is 2.28. The van der Waals surface area contributed by atoms with Crippen LogP contribution in [0.15, 0.2) is 42.5 Å². The van der Waals surface area contributed by atoms with Crippen LogP contribution in [0.4, 0.5) is 0 Å². The molecule has 2 aromatic carbocycles. The van der Waals surface area contributed by atoms with Gasteiger partial charge in [0.2, 0.25) is 0 Å². The summed E-state index contributed by atoms with van der Waals surface area (Å²) in [5.41, 5.74) is 1.25. The van der Waals surface area contributed by atoms with Crippen molar-refractivity contribution >= 4 is 73.7 Å². The van der Waals surface area contributed by atoms with Gasteiger partial charge in [0.15, 0.2) is 0 Å². The quantitative estimate of drug-likeness (QED) is 0.309. The van der Waals surface area contributed by atoms with Crippen molar-refractivity contribution in [3.63, 3.8) is 0 Å². The molecule has 0 unspecified atom stereocenters. The van der Waals surface area contributed by atoms with Gasteiger partial charge in [0.05, 0.1) is 18.7 Å². The van der Waals surface area contributed by atoms with Gasteiger partial charge in [0, 0.05) is 23.6 Å². The molecule has 0 aromatic heterocycles. The van der Waals surface area contributed by atoms with Crippen LogP contribution >= 0.6 is 67.8 Å². The van der Waals surface area contributed by atoms with Crippen LogP contribution in [0.1, 0.15) is 28.8 Å². The predicted molar refractivity (Wildman–Crippen MR) is 119 cm³/mol. The Balaban J connectivity index is 1.95. The van der Waals surface area contributed by atoms with Gasteiger partial charge in [-0.15, -0.1) is 0 Å². The van der Waals surface area contributed by atoms with Crippen molar-refractivity contribution < 1.29 is 14.8 Å². The van der Waals surface area contributed by atoms with Gasteiger partial charge in [0.1, 0.15) is 5.60 Å². The molecule has 0 spiro atoms. The molecular weight excluding hydrogens is 643 g/mol. The number of rotatable bonds is 3. The molecule has 0 aliphatic carbocycles. The Bertz CT molecular complexity index is 743. The third-order valence-corrected chi connectivity index (χ3v) is 7.97. The molecule has 0 saturated carbocycles. The summed E-state index contributed by atoms with van der Waals surface area (Å²) in [7, 11) is 0. The largest absolute Gasteiger partial charge is 0.450 e. The van der Waals surface area contributed by atoms with Crippen molar-refractivity contribution in [1.29, 1.82) is 0 Å². The topological polar surface area (TPSA) is 42.9 Å². The number of esters is 1. The van der Waals surface area contributed by atoms with E-state index in [0.29, 0.717) is 5.56 Å². The van der Waals surface area contributed by atoms with Crippen LogP contribution in [-0.4, -0.2) is 19.1 Å². The molecule has 6 heteroatoms. The second-order valence-electron chi connectivity index (χ2n) is 5.87. The fourth-order valence-corrected chi connectivity index (χ4v) is 5.44. The van der Waals surface area contributed by atoms with Crippen molar-refractivity contribution in [2.45, 2.75) is 18.4 Å². The van der Waals surface area contributed by atoms with Crippen LogP contribution in [0.25, 0.3) is 0 Å². The van der Waals surface area contributed by atoms with Gasteiger partial charge in [-0.2, -0.15) is 0 Å². The molecule has 0 radical (unpaired) electrons. The number of ether oxygens (including phenoxy) is 1. The summed E-state index contributed by atoms with van der Waals surface area (Å²) in [4.78, 5) is 13.0. The lowest BCUT2D eigenvalue weighted by molar-refractivity contribution is -0.668. The normalized spacial score (nSPS) is 16.6. The van der Waals surface area contributed by atoms with E-state index in [1.807, 2.05) is 24.3 Å². The highest BCUT2D eigenvalue weighted by atomic mass is 127. The van der Waals surface area contributed by atoms with E-state index in [4.69, 9.17) is 4.74 Å². The molecule has 126 valence electrons. The monoisotopic (exact) mass is 660 g/mol. The highest BCUT2D eigenvalue weighted by molar-refractivity contribution is 14.1. The summed E-state index contributed by atoms with van der Waals surface area (Å²) in [6.45, 7) is 1.95. The van der Waals surface area contributed by atoms with Gasteiger partial charge in [-0.05, 0) is 85.5 Å². The smallest absolute Gasteiger partial charge is 0.340 e. The number of nitrogens with two attached hydrogens (primary N) is 1. The van der Waals surface area contributed by atoms with Crippen molar-refractivity contribution in [3.8, 4) is 0 Å². The molecular formula is C18H17I3NO2+. The zero-order chi connectivity index (χ0) is 17.2. The average Bonchev–Trinajstić information content (AvgIpc) is 2.59. The summed E-state index contributed by atoms with van der Waals surface area (Å²) >= 11 is 6.75. The molecule has 1 fully saturated rings. The molecule has 0 atom stereocenters. The molecule has 0 amide bonds. The van der Waals surface area contributed by atoms with Gasteiger partial charge in [-0.1, -0.05) is 30.3 Å². The maximum Gasteiger partial charge on any atom is 0.340 e. The van der Waals surface area contributed by atoms with Crippen molar-refractivity contribution in [2.75, 3.05) is 13.1 Å². The Kier molecular flexibility index (Phi) is 6.41. The molecule has 1 heterocycles. The van der Waals surface area contributed by atoms with E-state index in [0.717, 1.165) is 42.2 Å². The minimum Gasteiger partial charge on any atom is -0.450 e. The van der Waals surface area contributed by atoms with Gasteiger partial charge >= 0.3 is 5.97 Å². The zero-order valence-corrected chi connectivity index (χ0v) is 19.4. The molecule has 1 saturated heterocycles. The molecule has 3 rings (SSSR count). The first-order valence-corrected chi connectivity index (χ1v) is 11.0. The third kappa shape index (κ3) is 4.07. The summed E-state index contributed by atoms with van der Waals surface area (Å²) in [5.74, 6) is -0.221. The van der Waals surface area contributed by atoms with Gasteiger partial charge in [-0.3, -0.25) is 0 Å². The summed E-state index contributed by atoms with van der Waals surface area (Å²) < 4.78 is 9.27. The standard InChI is InChI=1S/C18H16I3NO2/c19-13-10-14(16(21)15(20)11-13)17(23)24-18(6-8-22-9-7-18)12-4-2-1-3-5-12/h1-5,10-11,22H,6-9H2/p+1. The maximum atomic E-state index is 13.0. The van der Waals surface area contributed by atoms with Gasteiger partial charge in [-0.25, -0.2) is 4.79 Å². The van der Waals surface area contributed by atoms with Crippen LogP contribution in [-0.2, 0) is 10.3 Å². The SMILES string of the molecule is O=C(OC1(c2ccccc2)CC[NH2+]CC1)c1cc(I)cc(I)c1I. The number of quaternary nitrogens is 1. The zero-order valence-electron chi connectivity index (χ0n) is 12.9. The average molecular weight is 660 g/mol. The number of carbonyl (C=O) groups excluding carboxylic acids is 1. The first kappa shape index (κ1) is 18.8. The van der Waals surface area contributed by atoms with E-state index in [1.54, 1.807) is 0 Å². The van der Waals surface area contributed by atoms with Gasteiger partial charge in [0.25, 0.3) is 0 Å². The highest BCUT2D eigenvalue weighted by Crippen LogP contribution is 2.35. The molecule has 0 bridgehead atoms. The lowest BCUT2D eigenvalue weighted by atomic mass is 9.84. The second kappa shape index (κ2) is 8.17. The molecule has 3 nitrogen and oxygen atoms in total. The molecule has 1 aliphatic rings. The number of carbonyl (C=O) groups is 1. The Labute approximate surface area is 182 Å². The number of halogens is 3. The van der Waals surface area contributed by atoms with E-state index in [-0.39, 0.29) is 5.97 Å². The van der Waals surface area contributed by atoms with Crippen LogP contribution in [0.5, 0.6) is 0 Å². The fraction of sp³-hybridized carbons (Fsp3) is 0.278. The minimum absolute atomic E-state index is 0.221. The van der Waals surface area contributed by atoms with Crippen molar-refractivity contribution in [1.82, 2.24) is 0 Å². The molecule has 2 aromatic rings. The lowest BCUT2D eigenvalue weighted by Gasteiger charge is -2.36. The van der Waals surface area contributed by atoms with E-state index in [9.17, 15) is 4.79 Å². The fourth-order valence-electron chi connectivity index (χ4n) is 3.07. The van der Waals surface area contributed by atoms with Crippen LogP contribution in [0.3, 0.4) is 0 Å². The Hall–Kier alpha value is 0.0600. The summed E-state index contributed by atoms with van der Waals surface area (Å²) in [6.07, 6.45) is 1.70. The third-order valence-electron chi connectivity index (χ3n) is 4.31. The molecule has 1 aliphatic heterocycles. The van der Waals surface area contributed by atoms with Crippen molar-refractivity contribution in [3.05, 3.63) is 64.3 Å². The van der Waals surface area contributed by atoms with E-state index in [2.05, 4.69) is 91.3 Å². The minimum atomic E-state index is -0.511. The lowest BCUT2D eigenvalue weighted by Crippen LogP contribution is -2.87. The first-order chi connectivity index (χ1) is 11.5. The molecule has 24 heavy (non-hydrogen) atoms. The number of hydrogen-bond acceptors (Lipinski definition) is 2. The number of piperidine rings is 1. The number of hydrogen-bond donors (Lipinski definition) is 1. The van der Waals surface area contributed by atoms with E-state index < -0.39 is 5.60 Å². The Morgan fingerprint density at radius 2 is 1.71 bits per heavy atom. The van der Waals surface area contributed by atoms with Gasteiger partial charge < -0.3 is 10.1 Å². The Morgan fingerprint density at radius 1 is 1.04 bits per heavy atom. The first-order valence-electron chi connectivity index (χ1n) is 7.77. The van der Waals surface area contributed by atoms with Crippen LogP contribution < -0.4 is 5.32 Å². The maximum absolute atomic E-state index is 13.0. The van der Waals surface area contributed by atoms with E-state index in [1.165, 1.54) is 0 Å². The Morgan fingerprint density at radius 3 is 2.38 bits per heavy atom. The second-order valence-corrected chi connectivity index (χ2v) is 9.35. The predicted octanol–water partition coefficient (Wildman–Crippen LogP) is 3.91. The number of benzene rings is 2. The van der Waals surface area contributed by atoms with E-state index >= 15 is 0 Å². The van der Waals surface area contributed by atoms with Crippen molar-refractivity contribution in [2.24, 2.45) is 0 Å². The molecule has 2 N–H and O–H groups in total.